The van der Waals surface area contributed by atoms with Crippen LogP contribution in [0.5, 0.6) is 0 Å². The first kappa shape index (κ1) is 15.7. The van der Waals surface area contributed by atoms with Crippen molar-refractivity contribution in [1.82, 2.24) is 5.32 Å². The molecule has 0 spiro atoms. The lowest BCUT2D eigenvalue weighted by Crippen LogP contribution is -2.28. The molecule has 0 saturated heterocycles. The lowest BCUT2D eigenvalue weighted by atomic mass is 10.4. The van der Waals surface area contributed by atoms with Crippen LogP contribution < -0.4 is 5.32 Å². The molecule has 98 valence electrons. The molecule has 17 heavy (non-hydrogen) atoms. The largest absolute Gasteiger partial charge is 0.461 e. The number of nitrogens with one attached hydrogen (secondary N) is 1. The molecule has 1 amide bonds. The summed E-state index contributed by atoms with van der Waals surface area (Å²) in [7, 11) is -1.04. The third-order valence-electron chi connectivity index (χ3n) is 1.63. The zero-order chi connectivity index (χ0) is 13.3. The highest BCUT2D eigenvalue weighted by Gasteiger charge is 2.14. The number of hydrogen-bond donors (Lipinski definition) is 2. The van der Waals surface area contributed by atoms with Gasteiger partial charge in [-0.1, -0.05) is 0 Å². The van der Waals surface area contributed by atoms with Gasteiger partial charge in [0.2, 0.25) is 0 Å². The van der Waals surface area contributed by atoms with Gasteiger partial charge in [-0.2, -0.15) is 0 Å². The summed E-state index contributed by atoms with van der Waals surface area (Å²) in [6, 6.07) is 0. The Morgan fingerprint density at radius 1 is 1.47 bits per heavy atom. The third kappa shape index (κ3) is 6.76. The predicted molar refractivity (Wildman–Crippen MR) is 61.2 cm³/mol. The maximum absolute atomic E-state index is 11.4. The summed E-state index contributed by atoms with van der Waals surface area (Å²) in [5.74, 6) is -0.745. The van der Waals surface area contributed by atoms with Crippen molar-refractivity contribution in [1.29, 1.82) is 0 Å². The Balaban J connectivity index is 4.65. The van der Waals surface area contributed by atoms with Crippen LogP contribution in [0.1, 0.15) is 6.92 Å². The highest BCUT2D eigenvalue weighted by Crippen LogP contribution is 2.18. The van der Waals surface area contributed by atoms with E-state index < -0.39 is 26.2 Å². The number of alkyl carbamates (subject to hydrolysis) is 1. The summed E-state index contributed by atoms with van der Waals surface area (Å²) in [6.07, 6.45) is -0.0331. The number of allylic oxidation sites excluding steroid dienone is 1. The monoisotopic (exact) mass is 265 g/mol. The zero-order valence-corrected chi connectivity index (χ0v) is 10.7. The summed E-state index contributed by atoms with van der Waals surface area (Å²) < 4.78 is 20.1. The lowest BCUT2D eigenvalue weighted by Gasteiger charge is -2.07. The van der Waals surface area contributed by atoms with E-state index >= 15 is 0 Å². The van der Waals surface area contributed by atoms with Crippen LogP contribution in [0.25, 0.3) is 0 Å². The average molecular weight is 265 g/mol. The van der Waals surface area contributed by atoms with E-state index in [0.29, 0.717) is 0 Å². The summed E-state index contributed by atoms with van der Waals surface area (Å²) >= 11 is 0. The van der Waals surface area contributed by atoms with Gasteiger partial charge in [-0.25, -0.2) is 9.59 Å². The summed E-state index contributed by atoms with van der Waals surface area (Å²) in [5, 5.41) is 10.7. The number of amides is 1. The molecule has 0 aromatic heterocycles. The van der Waals surface area contributed by atoms with Crippen LogP contribution >= 0.6 is 7.80 Å². The molecule has 0 aliphatic heterocycles. The Morgan fingerprint density at radius 2 is 2.12 bits per heavy atom. The van der Waals surface area contributed by atoms with E-state index in [1.165, 1.54) is 6.08 Å². The van der Waals surface area contributed by atoms with E-state index in [9.17, 15) is 14.2 Å². The smallest absolute Gasteiger partial charge is 0.411 e. The SMILES string of the molecule is CCOC(=O)/C(=C\C[PH](=O)CO)NC(=O)OC. The molecule has 2 N–H and O–H groups in total. The second kappa shape index (κ2) is 8.78. The minimum absolute atomic E-state index is 0.000686. The van der Waals surface area contributed by atoms with Crippen molar-refractivity contribution in [2.75, 3.05) is 26.2 Å². The fourth-order valence-electron chi connectivity index (χ4n) is 0.836. The van der Waals surface area contributed by atoms with Crippen LogP contribution in [0.3, 0.4) is 0 Å². The van der Waals surface area contributed by atoms with Gasteiger partial charge in [-0.3, -0.25) is 5.32 Å². The van der Waals surface area contributed by atoms with E-state index in [4.69, 9.17) is 5.11 Å². The second-order valence-corrected chi connectivity index (χ2v) is 4.66. The van der Waals surface area contributed by atoms with Crippen LogP contribution in [0.15, 0.2) is 11.8 Å². The normalized spacial score (nSPS) is 12.8. The molecule has 8 heteroatoms. The highest BCUT2D eigenvalue weighted by molar-refractivity contribution is 7.44. The van der Waals surface area contributed by atoms with E-state index in [1.807, 2.05) is 0 Å². The van der Waals surface area contributed by atoms with Gasteiger partial charge in [-0.15, -0.1) is 0 Å². The molecule has 0 aromatic carbocycles. The van der Waals surface area contributed by atoms with Gasteiger partial charge in [0.25, 0.3) is 0 Å². The van der Waals surface area contributed by atoms with Gasteiger partial charge in [0.15, 0.2) is 0 Å². The van der Waals surface area contributed by atoms with Gasteiger partial charge in [-0.05, 0) is 13.0 Å². The molecule has 0 aliphatic carbocycles. The number of hydrogen-bond acceptors (Lipinski definition) is 6. The molecule has 0 aromatic rings. The van der Waals surface area contributed by atoms with E-state index in [2.05, 4.69) is 14.8 Å². The van der Waals surface area contributed by atoms with Crippen molar-refractivity contribution < 1.29 is 28.7 Å². The first-order valence-corrected chi connectivity index (χ1v) is 6.72. The Hall–Kier alpha value is -1.33. The van der Waals surface area contributed by atoms with Crippen LogP contribution in [0.4, 0.5) is 4.79 Å². The van der Waals surface area contributed by atoms with Gasteiger partial charge in [0.05, 0.1) is 20.1 Å². The Morgan fingerprint density at radius 3 is 2.59 bits per heavy atom. The van der Waals surface area contributed by atoms with Gasteiger partial charge >= 0.3 is 12.1 Å². The van der Waals surface area contributed by atoms with Crippen LogP contribution in [-0.2, 0) is 18.8 Å². The van der Waals surface area contributed by atoms with Crippen molar-refractivity contribution in [2.24, 2.45) is 0 Å². The number of aliphatic hydroxyl groups is 1. The molecule has 0 heterocycles. The number of carbonyl (C=O) groups is 2. The Bertz CT molecular complexity index is 327. The maximum Gasteiger partial charge on any atom is 0.411 e. The van der Waals surface area contributed by atoms with Crippen molar-refractivity contribution in [2.45, 2.75) is 6.92 Å². The summed E-state index contributed by atoms with van der Waals surface area (Å²) in [5.41, 5.74) is -0.148. The molecule has 0 saturated carbocycles. The van der Waals surface area contributed by atoms with Crippen molar-refractivity contribution >= 4 is 19.9 Å². The predicted octanol–water partition coefficient (Wildman–Crippen LogP) is 0.299. The molecule has 0 aliphatic rings. The molecule has 0 radical (unpaired) electrons. The number of aliphatic hydroxyl groups excluding tert-OH is 1. The number of ether oxygens (including phenoxy) is 2. The topological polar surface area (TPSA) is 102 Å². The van der Waals surface area contributed by atoms with E-state index in [-0.39, 0.29) is 18.5 Å². The number of carbonyl (C=O) groups excluding carboxylic acids is 2. The third-order valence-corrected chi connectivity index (χ3v) is 2.64. The van der Waals surface area contributed by atoms with Crippen LogP contribution in [-0.4, -0.2) is 43.4 Å². The standard InChI is InChI=1S/C9H16NO6P/c1-3-16-8(12)7(10-9(13)15-2)4-5-17(14)6-11/h4,11,17H,3,5-6H2,1-2H3,(H,10,13)/b7-4+. The highest BCUT2D eigenvalue weighted by atomic mass is 31.1. The van der Waals surface area contributed by atoms with E-state index in [1.54, 1.807) is 6.92 Å². The van der Waals surface area contributed by atoms with Crippen molar-refractivity contribution in [3.8, 4) is 0 Å². The second-order valence-electron chi connectivity index (χ2n) is 2.86. The van der Waals surface area contributed by atoms with Crippen molar-refractivity contribution in [3.05, 3.63) is 11.8 Å². The molecular weight excluding hydrogens is 249 g/mol. The molecule has 1 unspecified atom stereocenters. The average Bonchev–Trinajstić information content (AvgIpc) is 2.33. The molecule has 7 nitrogen and oxygen atoms in total. The number of methoxy groups -OCH3 is 1. The summed E-state index contributed by atoms with van der Waals surface area (Å²) in [4.78, 5) is 22.3. The Kier molecular flexibility index (Phi) is 8.09. The quantitative estimate of drug-likeness (QED) is 0.407. The van der Waals surface area contributed by atoms with E-state index in [0.717, 1.165) is 7.11 Å². The van der Waals surface area contributed by atoms with Crippen molar-refractivity contribution in [3.63, 3.8) is 0 Å². The van der Waals surface area contributed by atoms with Crippen LogP contribution in [0, 0.1) is 0 Å². The number of esters is 1. The first-order chi connectivity index (χ1) is 8.04. The fourth-order valence-corrected chi connectivity index (χ4v) is 1.40. The summed E-state index contributed by atoms with van der Waals surface area (Å²) in [6.45, 7) is 1.76. The minimum atomic E-state index is -2.18. The number of rotatable bonds is 6. The Labute approximate surface area is 99.6 Å². The molecule has 0 bridgehead atoms. The van der Waals surface area contributed by atoms with Gasteiger partial charge in [0, 0.05) is 6.16 Å². The molecule has 0 fully saturated rings. The van der Waals surface area contributed by atoms with Gasteiger partial charge in [0.1, 0.15) is 13.5 Å². The first-order valence-electron chi connectivity index (χ1n) is 4.89. The van der Waals surface area contributed by atoms with Gasteiger partial charge < -0.3 is 19.1 Å². The molecule has 0 rings (SSSR count). The zero-order valence-electron chi connectivity index (χ0n) is 9.69. The molecule has 1 atom stereocenters. The van der Waals surface area contributed by atoms with Crippen LogP contribution in [0.2, 0.25) is 0 Å². The molecular formula is C9H16NO6P. The fraction of sp³-hybridized carbons (Fsp3) is 0.556. The lowest BCUT2D eigenvalue weighted by molar-refractivity contribution is -0.138. The maximum atomic E-state index is 11.4. The minimum Gasteiger partial charge on any atom is -0.461 e.